The van der Waals surface area contributed by atoms with E-state index in [0.29, 0.717) is 13.1 Å². The van der Waals surface area contributed by atoms with Crippen molar-refractivity contribution in [3.05, 3.63) is 18.5 Å². The van der Waals surface area contributed by atoms with Gasteiger partial charge in [-0.25, -0.2) is 4.79 Å². The lowest BCUT2D eigenvalue weighted by Gasteiger charge is -2.35. The summed E-state index contributed by atoms with van der Waals surface area (Å²) in [5, 5.41) is 9.88. The Hall–Kier alpha value is -1.60. The molecular formula is C15H27N5O2. The summed E-state index contributed by atoms with van der Waals surface area (Å²) in [6, 6.07) is 1.79. The van der Waals surface area contributed by atoms with Gasteiger partial charge in [-0.15, -0.1) is 0 Å². The molecule has 1 fully saturated rings. The van der Waals surface area contributed by atoms with Crippen LogP contribution in [0, 0.1) is 0 Å². The summed E-state index contributed by atoms with van der Waals surface area (Å²) in [5.41, 5.74) is 0. The molecule has 0 aromatic carbocycles. The molecule has 1 aromatic rings. The van der Waals surface area contributed by atoms with Crippen LogP contribution in [0.3, 0.4) is 0 Å². The van der Waals surface area contributed by atoms with E-state index in [4.69, 9.17) is 4.74 Å². The zero-order valence-corrected chi connectivity index (χ0v) is 13.5. The number of ether oxygens (including phenoxy) is 1. The minimum absolute atomic E-state index is 0.102. The number of nitrogens with zero attached hydrogens (tertiary/aromatic N) is 3. The van der Waals surface area contributed by atoms with E-state index in [1.165, 1.54) is 0 Å². The Balaban J connectivity index is 1.50. The van der Waals surface area contributed by atoms with Gasteiger partial charge in [0, 0.05) is 51.7 Å². The van der Waals surface area contributed by atoms with Crippen molar-refractivity contribution in [3.63, 3.8) is 0 Å². The van der Waals surface area contributed by atoms with Crippen molar-refractivity contribution >= 4 is 6.03 Å². The summed E-state index contributed by atoms with van der Waals surface area (Å²) in [5.74, 6) is 0. The Morgan fingerprint density at radius 3 is 2.64 bits per heavy atom. The standard InChI is InChI=1S/C15H27N5O2/c1-13-11-19(12-14(2)22-13)10-7-17-15(21)16-5-3-8-20-9-4-6-18-20/h4,6,9,13-14H,3,5,7-8,10-12H2,1-2H3,(H2,16,17,21)/t13-,14-/m0/s1. The average molecular weight is 309 g/mol. The molecule has 22 heavy (non-hydrogen) atoms. The minimum atomic E-state index is -0.102. The molecule has 0 radical (unpaired) electrons. The fourth-order valence-electron chi connectivity index (χ4n) is 2.73. The molecule has 2 amide bonds. The smallest absolute Gasteiger partial charge is 0.314 e. The van der Waals surface area contributed by atoms with Crippen LogP contribution in [0.5, 0.6) is 0 Å². The number of aryl methyl sites for hydroxylation is 1. The van der Waals surface area contributed by atoms with E-state index in [0.717, 1.165) is 32.6 Å². The van der Waals surface area contributed by atoms with Crippen molar-refractivity contribution < 1.29 is 9.53 Å². The second-order valence-corrected chi connectivity index (χ2v) is 5.82. The van der Waals surface area contributed by atoms with Crippen molar-refractivity contribution in [2.24, 2.45) is 0 Å². The Kier molecular flexibility index (Phi) is 6.67. The topological polar surface area (TPSA) is 71.4 Å². The molecule has 0 bridgehead atoms. The number of rotatable bonds is 7. The summed E-state index contributed by atoms with van der Waals surface area (Å²) >= 11 is 0. The van der Waals surface area contributed by atoms with Gasteiger partial charge in [0.25, 0.3) is 0 Å². The third kappa shape index (κ3) is 6.03. The van der Waals surface area contributed by atoms with Crippen LogP contribution in [-0.2, 0) is 11.3 Å². The highest BCUT2D eigenvalue weighted by molar-refractivity contribution is 5.73. The van der Waals surface area contributed by atoms with Crippen LogP contribution >= 0.6 is 0 Å². The number of aromatic nitrogens is 2. The molecule has 7 nitrogen and oxygen atoms in total. The number of amides is 2. The first-order valence-corrected chi connectivity index (χ1v) is 8.00. The van der Waals surface area contributed by atoms with E-state index in [1.54, 1.807) is 6.20 Å². The van der Waals surface area contributed by atoms with Gasteiger partial charge < -0.3 is 15.4 Å². The number of urea groups is 1. The van der Waals surface area contributed by atoms with Crippen LogP contribution in [0.2, 0.25) is 0 Å². The predicted octanol–water partition coefficient (Wildman–Crippen LogP) is 0.682. The Morgan fingerprint density at radius 1 is 1.23 bits per heavy atom. The molecule has 0 saturated carbocycles. The monoisotopic (exact) mass is 309 g/mol. The van der Waals surface area contributed by atoms with Crippen LogP contribution < -0.4 is 10.6 Å². The maximum atomic E-state index is 11.7. The molecule has 2 N–H and O–H groups in total. The fourth-order valence-corrected chi connectivity index (χ4v) is 2.73. The molecule has 124 valence electrons. The van der Waals surface area contributed by atoms with Crippen molar-refractivity contribution in [2.45, 2.75) is 39.0 Å². The highest BCUT2D eigenvalue weighted by Crippen LogP contribution is 2.09. The van der Waals surface area contributed by atoms with Crippen molar-refractivity contribution in [1.29, 1.82) is 0 Å². The van der Waals surface area contributed by atoms with Crippen LogP contribution in [0.15, 0.2) is 18.5 Å². The molecule has 0 unspecified atom stereocenters. The van der Waals surface area contributed by atoms with E-state index in [2.05, 4.69) is 34.5 Å². The molecule has 0 spiro atoms. The van der Waals surface area contributed by atoms with Crippen LogP contribution in [0.1, 0.15) is 20.3 Å². The van der Waals surface area contributed by atoms with Gasteiger partial charge in [-0.2, -0.15) is 5.10 Å². The first kappa shape index (κ1) is 16.8. The lowest BCUT2D eigenvalue weighted by molar-refractivity contribution is -0.0672. The highest BCUT2D eigenvalue weighted by atomic mass is 16.5. The molecule has 1 aliphatic heterocycles. The van der Waals surface area contributed by atoms with Gasteiger partial charge in [0.2, 0.25) is 0 Å². The predicted molar refractivity (Wildman–Crippen MR) is 84.7 cm³/mol. The molecule has 2 heterocycles. The maximum absolute atomic E-state index is 11.7. The molecule has 0 aliphatic carbocycles. The number of carbonyl (C=O) groups excluding carboxylic acids is 1. The van der Waals surface area contributed by atoms with Gasteiger partial charge in [0.05, 0.1) is 12.2 Å². The Bertz CT molecular complexity index is 427. The summed E-state index contributed by atoms with van der Waals surface area (Å²) in [6.07, 6.45) is 5.07. The molecular weight excluding hydrogens is 282 g/mol. The normalized spacial score (nSPS) is 22.5. The fraction of sp³-hybridized carbons (Fsp3) is 0.733. The van der Waals surface area contributed by atoms with Crippen molar-refractivity contribution in [1.82, 2.24) is 25.3 Å². The highest BCUT2D eigenvalue weighted by Gasteiger charge is 2.21. The zero-order chi connectivity index (χ0) is 15.8. The summed E-state index contributed by atoms with van der Waals surface area (Å²) < 4.78 is 7.55. The van der Waals surface area contributed by atoms with Gasteiger partial charge in [0.15, 0.2) is 0 Å². The average Bonchev–Trinajstić information content (AvgIpc) is 2.96. The third-order valence-electron chi connectivity index (χ3n) is 3.62. The number of nitrogens with one attached hydrogen (secondary N) is 2. The van der Waals surface area contributed by atoms with Crippen LogP contribution in [0.4, 0.5) is 4.79 Å². The van der Waals surface area contributed by atoms with Gasteiger partial charge in [-0.05, 0) is 26.3 Å². The van der Waals surface area contributed by atoms with Crippen LogP contribution in [-0.4, -0.2) is 65.6 Å². The van der Waals surface area contributed by atoms with Crippen LogP contribution in [0.25, 0.3) is 0 Å². The maximum Gasteiger partial charge on any atom is 0.314 e. The Labute approximate surface area is 132 Å². The lowest BCUT2D eigenvalue weighted by atomic mass is 10.2. The van der Waals surface area contributed by atoms with Crippen molar-refractivity contribution in [3.8, 4) is 0 Å². The first-order chi connectivity index (χ1) is 10.6. The molecule has 1 aromatic heterocycles. The van der Waals surface area contributed by atoms with Crippen molar-refractivity contribution in [2.75, 3.05) is 32.7 Å². The summed E-state index contributed by atoms with van der Waals surface area (Å²) in [7, 11) is 0. The van der Waals surface area contributed by atoms with Gasteiger partial charge in [-0.1, -0.05) is 0 Å². The third-order valence-corrected chi connectivity index (χ3v) is 3.62. The van der Waals surface area contributed by atoms with E-state index in [1.807, 2.05) is 16.9 Å². The minimum Gasteiger partial charge on any atom is -0.373 e. The molecule has 7 heteroatoms. The van der Waals surface area contributed by atoms with E-state index in [9.17, 15) is 4.79 Å². The summed E-state index contributed by atoms with van der Waals surface area (Å²) in [6.45, 7) is 9.01. The molecule has 1 saturated heterocycles. The number of hydrogen-bond donors (Lipinski definition) is 2. The van der Waals surface area contributed by atoms with Gasteiger partial charge >= 0.3 is 6.03 Å². The number of hydrogen-bond acceptors (Lipinski definition) is 4. The first-order valence-electron chi connectivity index (χ1n) is 8.00. The molecule has 1 aliphatic rings. The van der Waals surface area contributed by atoms with E-state index in [-0.39, 0.29) is 18.2 Å². The zero-order valence-electron chi connectivity index (χ0n) is 13.5. The number of carbonyl (C=O) groups is 1. The number of morpholine rings is 1. The second-order valence-electron chi connectivity index (χ2n) is 5.82. The van der Waals surface area contributed by atoms with Gasteiger partial charge in [-0.3, -0.25) is 9.58 Å². The second kappa shape index (κ2) is 8.75. The van der Waals surface area contributed by atoms with Gasteiger partial charge in [0.1, 0.15) is 0 Å². The Morgan fingerprint density at radius 2 is 1.95 bits per heavy atom. The summed E-state index contributed by atoms with van der Waals surface area (Å²) in [4.78, 5) is 14.0. The van der Waals surface area contributed by atoms with E-state index < -0.39 is 0 Å². The van der Waals surface area contributed by atoms with E-state index >= 15 is 0 Å². The largest absolute Gasteiger partial charge is 0.373 e. The lowest BCUT2D eigenvalue weighted by Crippen LogP contribution is -2.48. The molecule has 2 atom stereocenters. The quantitative estimate of drug-likeness (QED) is 0.727. The SMILES string of the molecule is C[C@H]1CN(CCNC(=O)NCCCn2cccn2)C[C@H](C)O1. The molecule has 2 rings (SSSR count).